The van der Waals surface area contributed by atoms with E-state index in [1.165, 1.54) is 24.1 Å². The minimum Gasteiger partial charge on any atom is -0.497 e. The number of anilines is 1. The van der Waals surface area contributed by atoms with Crippen LogP contribution in [-0.2, 0) is 26.2 Å². The Bertz CT molecular complexity index is 1340. The third-order valence-corrected chi connectivity index (χ3v) is 8.05. The van der Waals surface area contributed by atoms with Crippen LogP contribution in [0.5, 0.6) is 5.75 Å². The summed E-state index contributed by atoms with van der Waals surface area (Å²) >= 11 is 0. The number of nitrogens with zero attached hydrogens (tertiary/aromatic N) is 2. The minimum absolute atomic E-state index is 0.0240. The van der Waals surface area contributed by atoms with E-state index in [-0.39, 0.29) is 23.4 Å². The quantitative estimate of drug-likeness (QED) is 0.357. The topological polar surface area (TPSA) is 96.0 Å². The van der Waals surface area contributed by atoms with Crippen molar-refractivity contribution in [3.63, 3.8) is 0 Å². The van der Waals surface area contributed by atoms with Gasteiger partial charge in [0.25, 0.3) is 10.0 Å². The van der Waals surface area contributed by atoms with Crippen LogP contribution in [0.2, 0.25) is 0 Å². The Kier molecular flexibility index (Phi) is 10.1. The van der Waals surface area contributed by atoms with Crippen molar-refractivity contribution in [1.29, 1.82) is 0 Å². The van der Waals surface area contributed by atoms with Gasteiger partial charge in [-0.25, -0.2) is 8.42 Å². The van der Waals surface area contributed by atoms with Crippen LogP contribution in [-0.4, -0.2) is 50.9 Å². The van der Waals surface area contributed by atoms with Crippen molar-refractivity contribution in [2.24, 2.45) is 0 Å². The van der Waals surface area contributed by atoms with Crippen LogP contribution in [0.4, 0.5) is 5.69 Å². The van der Waals surface area contributed by atoms with E-state index >= 15 is 0 Å². The van der Waals surface area contributed by atoms with E-state index in [9.17, 15) is 18.0 Å². The van der Waals surface area contributed by atoms with Gasteiger partial charge in [0.1, 0.15) is 18.3 Å². The molecule has 0 spiro atoms. The molecule has 1 N–H and O–H groups in total. The molecule has 1 atom stereocenters. The lowest BCUT2D eigenvalue weighted by Crippen LogP contribution is -2.53. The summed E-state index contributed by atoms with van der Waals surface area (Å²) in [6.45, 7) is 7.13. The number of amides is 2. The second-order valence-electron chi connectivity index (χ2n) is 9.62. The summed E-state index contributed by atoms with van der Waals surface area (Å²) in [5, 5.41) is 2.90. The second-order valence-corrected chi connectivity index (χ2v) is 11.5. The molecule has 0 aliphatic carbocycles. The first-order chi connectivity index (χ1) is 18.6. The van der Waals surface area contributed by atoms with Crippen molar-refractivity contribution in [2.45, 2.75) is 57.6 Å². The molecule has 2 amide bonds. The monoisotopic (exact) mass is 551 g/mol. The molecule has 0 aliphatic rings. The van der Waals surface area contributed by atoms with E-state index in [0.717, 1.165) is 15.4 Å². The van der Waals surface area contributed by atoms with Crippen LogP contribution in [0.25, 0.3) is 0 Å². The SMILES string of the molecule is CC[C@H](C(=O)NC(C)C)N(Cc1ccccc1)C(=O)CN(c1ccc(C)cc1)S(=O)(=O)c1ccc(OC)cc1. The fourth-order valence-electron chi connectivity index (χ4n) is 4.20. The number of sulfonamides is 1. The first-order valence-corrected chi connectivity index (χ1v) is 14.4. The molecule has 0 aromatic heterocycles. The first kappa shape index (κ1) is 29.7. The average molecular weight is 552 g/mol. The zero-order valence-corrected chi connectivity index (χ0v) is 23.9. The number of carbonyl (C=O) groups is 2. The van der Waals surface area contributed by atoms with E-state index in [4.69, 9.17) is 4.74 Å². The number of ether oxygens (including phenoxy) is 1. The molecule has 3 rings (SSSR count). The van der Waals surface area contributed by atoms with Gasteiger partial charge in [0.05, 0.1) is 17.7 Å². The number of aryl methyl sites for hydroxylation is 1. The van der Waals surface area contributed by atoms with Gasteiger partial charge >= 0.3 is 0 Å². The molecule has 39 heavy (non-hydrogen) atoms. The third kappa shape index (κ3) is 7.60. The minimum atomic E-state index is -4.14. The molecule has 0 radical (unpaired) electrons. The highest BCUT2D eigenvalue weighted by Crippen LogP contribution is 2.26. The average Bonchev–Trinajstić information content (AvgIpc) is 2.92. The predicted molar refractivity (Wildman–Crippen MR) is 153 cm³/mol. The molecule has 0 saturated heterocycles. The summed E-state index contributed by atoms with van der Waals surface area (Å²) in [7, 11) is -2.63. The van der Waals surface area contributed by atoms with Crippen LogP contribution in [0.15, 0.2) is 83.8 Å². The molecule has 0 aliphatic heterocycles. The number of hydrogen-bond donors (Lipinski definition) is 1. The molecule has 0 bridgehead atoms. The van der Waals surface area contributed by atoms with Crippen LogP contribution in [0, 0.1) is 6.92 Å². The molecule has 0 fully saturated rings. The van der Waals surface area contributed by atoms with Crippen molar-refractivity contribution in [1.82, 2.24) is 10.2 Å². The molecule has 0 unspecified atom stereocenters. The highest BCUT2D eigenvalue weighted by molar-refractivity contribution is 7.92. The molecular formula is C30H37N3O5S. The van der Waals surface area contributed by atoms with E-state index in [1.807, 2.05) is 58.0 Å². The van der Waals surface area contributed by atoms with Crippen LogP contribution < -0.4 is 14.4 Å². The Morgan fingerprint density at radius 1 is 0.923 bits per heavy atom. The fourth-order valence-corrected chi connectivity index (χ4v) is 5.61. The maximum Gasteiger partial charge on any atom is 0.264 e. The lowest BCUT2D eigenvalue weighted by atomic mass is 10.1. The van der Waals surface area contributed by atoms with Crippen LogP contribution in [0.1, 0.15) is 38.3 Å². The van der Waals surface area contributed by atoms with E-state index in [0.29, 0.717) is 17.9 Å². The van der Waals surface area contributed by atoms with Crippen LogP contribution >= 0.6 is 0 Å². The van der Waals surface area contributed by atoms with Crippen LogP contribution in [0.3, 0.4) is 0 Å². The lowest BCUT2D eigenvalue weighted by molar-refractivity contribution is -0.140. The molecule has 0 heterocycles. The smallest absolute Gasteiger partial charge is 0.264 e. The van der Waals surface area contributed by atoms with Crippen molar-refractivity contribution in [3.8, 4) is 5.75 Å². The molecule has 9 heteroatoms. The third-order valence-electron chi connectivity index (χ3n) is 6.26. The van der Waals surface area contributed by atoms with Gasteiger partial charge in [0.2, 0.25) is 11.8 Å². The second kappa shape index (κ2) is 13.3. The zero-order chi connectivity index (χ0) is 28.6. The van der Waals surface area contributed by atoms with Crippen molar-refractivity contribution in [2.75, 3.05) is 18.0 Å². The van der Waals surface area contributed by atoms with Crippen molar-refractivity contribution >= 4 is 27.5 Å². The molecular weight excluding hydrogens is 514 g/mol. The van der Waals surface area contributed by atoms with E-state index in [2.05, 4.69) is 5.32 Å². The zero-order valence-electron chi connectivity index (χ0n) is 23.1. The molecule has 0 saturated carbocycles. The summed E-state index contributed by atoms with van der Waals surface area (Å²) in [6, 6.07) is 21.4. The standard InChI is InChI=1S/C30H37N3O5S/c1-6-28(30(35)31-22(2)3)32(20-24-10-8-7-9-11-24)29(34)21-33(25-14-12-23(4)13-15-25)39(36,37)27-18-16-26(38-5)17-19-27/h7-19,22,28H,6,20-21H2,1-5H3,(H,31,35)/t28-/m1/s1. The van der Waals surface area contributed by atoms with Gasteiger partial charge in [-0.15, -0.1) is 0 Å². The number of nitrogens with one attached hydrogen (secondary N) is 1. The Morgan fingerprint density at radius 3 is 2.08 bits per heavy atom. The normalized spacial score (nSPS) is 12.1. The number of carbonyl (C=O) groups excluding carboxylic acids is 2. The van der Waals surface area contributed by atoms with Gasteiger partial charge in [-0.3, -0.25) is 13.9 Å². The summed E-state index contributed by atoms with van der Waals surface area (Å²) in [5.41, 5.74) is 2.14. The lowest BCUT2D eigenvalue weighted by Gasteiger charge is -2.33. The molecule has 3 aromatic carbocycles. The van der Waals surface area contributed by atoms with Gasteiger partial charge < -0.3 is 15.0 Å². The predicted octanol–water partition coefficient (Wildman–Crippen LogP) is 4.53. The maximum atomic E-state index is 14.0. The summed E-state index contributed by atoms with van der Waals surface area (Å²) in [5.74, 6) is -0.248. The Balaban J connectivity index is 2.04. The Morgan fingerprint density at radius 2 is 1.54 bits per heavy atom. The largest absolute Gasteiger partial charge is 0.497 e. The first-order valence-electron chi connectivity index (χ1n) is 12.9. The van der Waals surface area contributed by atoms with Gasteiger partial charge in [0, 0.05) is 12.6 Å². The highest BCUT2D eigenvalue weighted by Gasteiger charge is 2.33. The number of methoxy groups -OCH3 is 1. The van der Waals surface area contributed by atoms with Gasteiger partial charge in [-0.2, -0.15) is 0 Å². The van der Waals surface area contributed by atoms with Crippen molar-refractivity contribution in [3.05, 3.63) is 90.0 Å². The van der Waals surface area contributed by atoms with E-state index in [1.54, 1.807) is 36.4 Å². The number of hydrogen-bond acceptors (Lipinski definition) is 5. The molecule has 208 valence electrons. The fraction of sp³-hybridized carbons (Fsp3) is 0.333. The van der Waals surface area contributed by atoms with E-state index < -0.39 is 28.5 Å². The summed E-state index contributed by atoms with van der Waals surface area (Å²) in [4.78, 5) is 28.6. The molecule has 8 nitrogen and oxygen atoms in total. The van der Waals surface area contributed by atoms with Crippen molar-refractivity contribution < 1.29 is 22.7 Å². The number of benzene rings is 3. The van der Waals surface area contributed by atoms with Gasteiger partial charge in [0.15, 0.2) is 0 Å². The summed E-state index contributed by atoms with van der Waals surface area (Å²) in [6.07, 6.45) is 0.368. The number of rotatable bonds is 12. The Hall–Kier alpha value is -3.85. The molecule has 3 aromatic rings. The highest BCUT2D eigenvalue weighted by atomic mass is 32.2. The summed E-state index contributed by atoms with van der Waals surface area (Å²) < 4.78 is 34.0. The van der Waals surface area contributed by atoms with Gasteiger partial charge in [-0.05, 0) is 69.2 Å². The van der Waals surface area contributed by atoms with Gasteiger partial charge in [-0.1, -0.05) is 55.0 Å². The Labute approximate surface area is 231 Å². The maximum absolute atomic E-state index is 14.0.